The van der Waals surface area contributed by atoms with E-state index in [9.17, 15) is 17.6 Å². The number of rotatable bonds is 1. The van der Waals surface area contributed by atoms with Gasteiger partial charge in [0.15, 0.2) is 18.8 Å². The Labute approximate surface area is 111 Å². The van der Waals surface area contributed by atoms with Crippen molar-refractivity contribution in [3.8, 4) is 11.5 Å². The fraction of sp³-hybridized carbons (Fsp3) is 0.273. The van der Waals surface area contributed by atoms with Crippen LogP contribution in [0.3, 0.4) is 0 Å². The lowest BCUT2D eigenvalue weighted by Gasteiger charge is -2.32. The highest BCUT2D eigenvalue weighted by atomic mass is 19.3. The van der Waals surface area contributed by atoms with Crippen LogP contribution in [0.25, 0.3) is 0 Å². The predicted molar refractivity (Wildman–Crippen MR) is 63.1 cm³/mol. The molecule has 2 aliphatic rings. The molecule has 0 bridgehead atoms. The molecular weight excluding hydrogens is 279 g/mol. The first-order valence-electron chi connectivity index (χ1n) is 5.54. The molecule has 1 aromatic carbocycles. The van der Waals surface area contributed by atoms with Gasteiger partial charge in [-0.3, -0.25) is 10.4 Å². The summed E-state index contributed by atoms with van der Waals surface area (Å²) in [5.41, 5.74) is 0.753. The summed E-state index contributed by atoms with van der Waals surface area (Å²) >= 11 is 0. The van der Waals surface area contributed by atoms with Gasteiger partial charge < -0.3 is 9.47 Å². The third-order valence-electron chi connectivity index (χ3n) is 2.92. The van der Waals surface area contributed by atoms with Gasteiger partial charge in [0.1, 0.15) is 0 Å². The van der Waals surface area contributed by atoms with Crippen LogP contribution in [0.15, 0.2) is 17.1 Å². The van der Waals surface area contributed by atoms with Crippen LogP contribution in [0.2, 0.25) is 6.82 Å². The van der Waals surface area contributed by atoms with Gasteiger partial charge in [-0.25, -0.2) is 0 Å². The van der Waals surface area contributed by atoms with Crippen molar-refractivity contribution in [3.05, 3.63) is 17.7 Å². The molecule has 1 aromatic rings. The van der Waals surface area contributed by atoms with E-state index in [0.29, 0.717) is 5.61 Å². The van der Waals surface area contributed by atoms with Crippen molar-refractivity contribution in [1.29, 1.82) is 5.41 Å². The molecule has 0 fully saturated rings. The van der Waals surface area contributed by atoms with Crippen LogP contribution < -0.4 is 9.47 Å². The van der Waals surface area contributed by atoms with Gasteiger partial charge in [0.25, 0.3) is 0 Å². The van der Waals surface area contributed by atoms with Gasteiger partial charge in [-0.05, 0) is 6.07 Å². The first-order chi connectivity index (χ1) is 9.25. The van der Waals surface area contributed by atoms with Crippen LogP contribution in [-0.4, -0.2) is 30.8 Å². The van der Waals surface area contributed by atoms with Crippen molar-refractivity contribution in [3.63, 3.8) is 0 Å². The van der Waals surface area contributed by atoms with Crippen molar-refractivity contribution in [2.45, 2.75) is 19.0 Å². The molecule has 103 valence electrons. The van der Waals surface area contributed by atoms with Crippen molar-refractivity contribution in [2.75, 3.05) is 0 Å². The first kappa shape index (κ1) is 13.0. The number of nitrogens with one attached hydrogen (secondary N) is 1. The molecule has 2 heterocycles. The average Bonchev–Trinajstić information content (AvgIpc) is 2.64. The number of nitrogens with zero attached hydrogens (tertiary/aromatic N) is 1. The minimum atomic E-state index is -4.77. The largest absolute Gasteiger partial charge is 0.507 e. The summed E-state index contributed by atoms with van der Waals surface area (Å²) < 4.78 is 60.3. The maximum Gasteiger partial charge on any atom is 0.507 e. The van der Waals surface area contributed by atoms with Crippen LogP contribution >= 0.6 is 0 Å². The van der Waals surface area contributed by atoms with E-state index < -0.39 is 23.7 Å². The molecule has 4 nitrogen and oxygen atoms in total. The number of ether oxygens (including phenoxy) is 2. The Hall–Kier alpha value is -2.06. The van der Waals surface area contributed by atoms with E-state index in [-0.39, 0.29) is 17.0 Å². The monoisotopic (exact) mass is 285 g/mol. The van der Waals surface area contributed by atoms with Crippen molar-refractivity contribution in [1.82, 2.24) is 0 Å². The summed E-state index contributed by atoms with van der Waals surface area (Å²) in [6, 6.07) is 2.11. The van der Waals surface area contributed by atoms with E-state index in [1.165, 1.54) is 0 Å². The molecule has 2 aliphatic heterocycles. The van der Waals surface area contributed by atoms with Crippen molar-refractivity contribution in [2.24, 2.45) is 4.99 Å². The van der Waals surface area contributed by atoms with E-state index in [4.69, 9.17) is 5.41 Å². The smallest absolute Gasteiger partial charge is 0.421 e. The highest BCUT2D eigenvalue weighted by molar-refractivity contribution is 6.92. The second-order valence-corrected chi connectivity index (χ2v) is 4.21. The van der Waals surface area contributed by atoms with Gasteiger partial charge in [-0.2, -0.15) is 17.6 Å². The summed E-state index contributed by atoms with van der Waals surface area (Å²) in [6.45, 7) is 1.65. The summed E-state index contributed by atoms with van der Waals surface area (Å²) in [5.74, 6) is -1.08. The second kappa shape index (κ2) is 3.74. The molecule has 0 aromatic heterocycles. The molecule has 0 aliphatic carbocycles. The third kappa shape index (κ3) is 1.62. The molecule has 0 saturated carbocycles. The fourth-order valence-corrected chi connectivity index (χ4v) is 1.93. The predicted octanol–water partition coefficient (Wildman–Crippen LogP) is 2.81. The lowest BCUT2D eigenvalue weighted by Crippen LogP contribution is -2.52. The average molecular weight is 285 g/mol. The highest BCUT2D eigenvalue weighted by Gasteiger charge is 2.66. The molecule has 0 spiro atoms. The van der Waals surface area contributed by atoms with Gasteiger partial charge in [0, 0.05) is 17.2 Å². The Morgan fingerprint density at radius 1 is 1.10 bits per heavy atom. The van der Waals surface area contributed by atoms with Crippen LogP contribution in [-0.2, 0) is 0 Å². The molecule has 0 unspecified atom stereocenters. The quantitative estimate of drug-likeness (QED) is 0.637. The number of halogens is 4. The molecule has 0 atom stereocenters. The highest BCUT2D eigenvalue weighted by Crippen LogP contribution is 2.49. The summed E-state index contributed by atoms with van der Waals surface area (Å²) in [6.07, 6.45) is -9.53. The zero-order valence-corrected chi connectivity index (χ0v) is 10.0. The van der Waals surface area contributed by atoms with E-state index in [1.807, 2.05) is 0 Å². The van der Waals surface area contributed by atoms with Gasteiger partial charge >= 0.3 is 12.2 Å². The van der Waals surface area contributed by atoms with Crippen LogP contribution in [0.1, 0.15) is 5.56 Å². The molecule has 3 rings (SSSR count). The summed E-state index contributed by atoms with van der Waals surface area (Å²) in [7, 11) is 1.55. The summed E-state index contributed by atoms with van der Waals surface area (Å²) in [5, 5.41) is 7.79. The number of alkyl halides is 4. The van der Waals surface area contributed by atoms with E-state index >= 15 is 0 Å². The van der Waals surface area contributed by atoms with E-state index in [1.54, 1.807) is 14.1 Å². The number of hydrogen-bond donors (Lipinski definition) is 1. The topological polar surface area (TPSA) is 54.7 Å². The van der Waals surface area contributed by atoms with Crippen molar-refractivity contribution < 1.29 is 27.0 Å². The van der Waals surface area contributed by atoms with Crippen LogP contribution in [0.5, 0.6) is 11.5 Å². The Morgan fingerprint density at radius 2 is 1.65 bits per heavy atom. The zero-order chi connectivity index (χ0) is 14.7. The first-order valence-corrected chi connectivity index (χ1v) is 5.54. The second-order valence-electron chi connectivity index (χ2n) is 4.21. The fourth-order valence-electron chi connectivity index (χ4n) is 1.93. The number of fused-ring (bicyclic) bond motifs is 2. The number of hydrogen-bond acceptors (Lipinski definition) is 4. The Morgan fingerprint density at radius 3 is 2.20 bits per heavy atom. The lowest BCUT2D eigenvalue weighted by atomic mass is 9.73. The SMILES string of the molecule is C[B]C1=Nc2cc3c(cc2C1=N)OC(F)(F)C(F)(F)O3. The Balaban J connectivity index is 2.10. The minimum Gasteiger partial charge on any atom is -0.421 e. The Bertz CT molecular complexity index is 660. The van der Waals surface area contributed by atoms with Crippen molar-refractivity contribution >= 4 is 24.3 Å². The number of benzene rings is 1. The molecule has 1 N–H and O–H groups in total. The molecule has 9 heteroatoms. The third-order valence-corrected chi connectivity index (χ3v) is 2.92. The lowest BCUT2D eigenvalue weighted by molar-refractivity contribution is -0.391. The maximum atomic E-state index is 13.1. The van der Waals surface area contributed by atoms with E-state index in [2.05, 4.69) is 14.5 Å². The molecule has 0 saturated heterocycles. The van der Waals surface area contributed by atoms with Crippen LogP contribution in [0.4, 0.5) is 23.2 Å². The van der Waals surface area contributed by atoms with Gasteiger partial charge in [-0.15, -0.1) is 0 Å². The Kier molecular flexibility index (Phi) is 2.42. The molecule has 20 heavy (non-hydrogen) atoms. The van der Waals surface area contributed by atoms with Gasteiger partial charge in [-0.1, -0.05) is 6.82 Å². The minimum absolute atomic E-state index is 0.00884. The number of aliphatic imine (C=N–C) groups is 1. The summed E-state index contributed by atoms with van der Waals surface area (Å²) in [4.78, 5) is 4.01. The zero-order valence-electron chi connectivity index (χ0n) is 10.0. The van der Waals surface area contributed by atoms with Gasteiger partial charge in [0.05, 0.1) is 11.4 Å². The normalized spacial score (nSPS) is 21.2. The van der Waals surface area contributed by atoms with E-state index in [0.717, 1.165) is 12.1 Å². The molecular formula is C11H6BF4N2O2. The van der Waals surface area contributed by atoms with Gasteiger partial charge in [0.2, 0.25) is 0 Å². The molecule has 1 radical (unpaired) electrons. The maximum absolute atomic E-state index is 13.1. The molecule has 0 amide bonds. The van der Waals surface area contributed by atoms with Crippen LogP contribution in [0, 0.1) is 5.41 Å². The standard InChI is InChI=1S/C11H6BF4N2O2/c1-12-9-8(17)4-2-6-7(3-5(4)18-9)20-11(15,16)10(13,14)19-6/h2-3,17H,1H3.